The molecule has 2 aromatic carbocycles. The van der Waals surface area contributed by atoms with Crippen LogP contribution < -0.4 is 5.32 Å². The van der Waals surface area contributed by atoms with E-state index in [0.717, 1.165) is 28.6 Å². The first-order valence-electron chi connectivity index (χ1n) is 8.92. The number of anilines is 1. The van der Waals surface area contributed by atoms with Crippen molar-refractivity contribution < 1.29 is 17.7 Å². The van der Waals surface area contributed by atoms with Crippen LogP contribution in [0.2, 0.25) is 0 Å². The van der Waals surface area contributed by atoms with Gasteiger partial charge in [0.1, 0.15) is 5.82 Å². The molecule has 0 amide bonds. The van der Waals surface area contributed by atoms with E-state index in [2.05, 4.69) is 15.5 Å². The van der Waals surface area contributed by atoms with Crippen molar-refractivity contribution in [2.75, 3.05) is 5.32 Å². The lowest BCUT2D eigenvalue weighted by Crippen LogP contribution is -2.07. The fourth-order valence-corrected chi connectivity index (χ4v) is 3.06. The predicted molar refractivity (Wildman–Crippen MR) is 103 cm³/mol. The number of nitrogens with one attached hydrogen (secondary N) is 1. The van der Waals surface area contributed by atoms with Crippen LogP contribution in [0.5, 0.6) is 0 Å². The van der Waals surface area contributed by atoms with Crippen LogP contribution >= 0.6 is 0 Å². The lowest BCUT2D eigenvalue weighted by atomic mass is 10.1. The van der Waals surface area contributed by atoms with Crippen molar-refractivity contribution in [2.24, 2.45) is 0 Å². The van der Waals surface area contributed by atoms with Gasteiger partial charge in [-0.15, -0.1) is 0 Å². The zero-order valence-electron chi connectivity index (χ0n) is 15.7. The van der Waals surface area contributed by atoms with Gasteiger partial charge in [0.2, 0.25) is 11.7 Å². The number of aromatic nitrogens is 3. The molecule has 0 aliphatic rings. The molecule has 148 valence electrons. The Balaban J connectivity index is 1.69. The van der Waals surface area contributed by atoms with Crippen LogP contribution in [0.25, 0.3) is 22.3 Å². The summed E-state index contributed by atoms with van der Waals surface area (Å²) in [6.45, 7) is 3.96. The van der Waals surface area contributed by atoms with Gasteiger partial charge in [-0.1, -0.05) is 35.5 Å². The number of rotatable bonds is 4. The molecular formula is C21H17F3N4O. The van der Waals surface area contributed by atoms with Crippen molar-refractivity contribution in [3.8, 4) is 11.4 Å². The number of fused-ring (bicyclic) bond motifs is 1. The van der Waals surface area contributed by atoms with Gasteiger partial charge in [0.25, 0.3) is 0 Å². The molecule has 0 unspecified atom stereocenters. The second kappa shape index (κ2) is 7.20. The Bertz CT molecular complexity index is 1170. The van der Waals surface area contributed by atoms with Gasteiger partial charge in [-0.05, 0) is 36.2 Å². The first kappa shape index (κ1) is 18.9. The Labute approximate surface area is 164 Å². The van der Waals surface area contributed by atoms with E-state index < -0.39 is 11.7 Å². The van der Waals surface area contributed by atoms with Crippen molar-refractivity contribution in [3.05, 3.63) is 71.1 Å². The molecule has 0 radical (unpaired) electrons. The summed E-state index contributed by atoms with van der Waals surface area (Å²) in [6, 6.07) is 12.8. The van der Waals surface area contributed by atoms with E-state index in [1.165, 1.54) is 12.1 Å². The molecular weight excluding hydrogens is 381 g/mol. The minimum atomic E-state index is -4.35. The molecule has 4 rings (SSSR count). The number of alkyl halides is 3. The first-order valence-corrected chi connectivity index (χ1v) is 8.92. The number of hydrogen-bond acceptors (Lipinski definition) is 5. The molecule has 2 heterocycles. The molecule has 1 N–H and O–H groups in total. The van der Waals surface area contributed by atoms with E-state index in [0.29, 0.717) is 35.2 Å². The lowest BCUT2D eigenvalue weighted by Gasteiger charge is -2.13. The van der Waals surface area contributed by atoms with Crippen LogP contribution in [0, 0.1) is 13.8 Å². The van der Waals surface area contributed by atoms with E-state index in [-0.39, 0.29) is 0 Å². The molecule has 8 heteroatoms. The lowest BCUT2D eigenvalue weighted by molar-refractivity contribution is -0.137. The maximum absolute atomic E-state index is 12.8. The summed E-state index contributed by atoms with van der Waals surface area (Å²) >= 11 is 0. The summed E-state index contributed by atoms with van der Waals surface area (Å²) in [5.74, 6) is 1.36. The van der Waals surface area contributed by atoms with Crippen LogP contribution in [0.4, 0.5) is 19.0 Å². The van der Waals surface area contributed by atoms with Gasteiger partial charge in [-0.2, -0.15) is 18.2 Å². The first-order chi connectivity index (χ1) is 13.8. The molecule has 0 saturated carbocycles. The minimum absolute atomic E-state index is 0.298. The fourth-order valence-electron chi connectivity index (χ4n) is 3.06. The molecule has 0 aliphatic carbocycles. The van der Waals surface area contributed by atoms with Gasteiger partial charge >= 0.3 is 6.18 Å². The van der Waals surface area contributed by atoms with Crippen molar-refractivity contribution in [2.45, 2.75) is 26.6 Å². The Hall–Kier alpha value is -3.42. The molecule has 0 bridgehead atoms. The van der Waals surface area contributed by atoms with E-state index in [9.17, 15) is 13.2 Å². The summed E-state index contributed by atoms with van der Waals surface area (Å²) in [7, 11) is 0. The number of aryl methyl sites for hydroxylation is 2. The second-order valence-electron chi connectivity index (χ2n) is 6.72. The predicted octanol–water partition coefficient (Wildman–Crippen LogP) is 5.53. The highest BCUT2D eigenvalue weighted by molar-refractivity contribution is 5.89. The third kappa shape index (κ3) is 3.91. The third-order valence-corrected chi connectivity index (χ3v) is 4.56. The number of pyridine rings is 1. The van der Waals surface area contributed by atoms with E-state index in [1.54, 1.807) is 6.92 Å². The van der Waals surface area contributed by atoms with E-state index >= 15 is 0 Å². The average Bonchev–Trinajstić information content (AvgIpc) is 3.12. The van der Waals surface area contributed by atoms with Crippen molar-refractivity contribution in [1.29, 1.82) is 0 Å². The summed E-state index contributed by atoms with van der Waals surface area (Å²) in [5.41, 5.74) is 2.51. The minimum Gasteiger partial charge on any atom is -0.365 e. The Morgan fingerprint density at radius 2 is 1.76 bits per heavy atom. The quantitative estimate of drug-likeness (QED) is 0.490. The van der Waals surface area contributed by atoms with Crippen molar-refractivity contribution in [3.63, 3.8) is 0 Å². The maximum Gasteiger partial charge on any atom is 0.416 e. The molecule has 0 spiro atoms. The molecule has 0 atom stereocenters. The van der Waals surface area contributed by atoms with E-state index in [1.807, 2.05) is 31.2 Å². The number of nitrogens with zero attached hydrogens (tertiary/aromatic N) is 3. The molecule has 0 fully saturated rings. The number of hydrogen-bond donors (Lipinski definition) is 1. The topological polar surface area (TPSA) is 63.8 Å². The molecule has 29 heavy (non-hydrogen) atoms. The molecule has 0 aliphatic heterocycles. The molecule has 0 saturated heterocycles. The van der Waals surface area contributed by atoms with Gasteiger partial charge in [-0.25, -0.2) is 4.98 Å². The number of para-hydroxylation sites is 1. The smallest absolute Gasteiger partial charge is 0.365 e. The maximum atomic E-state index is 12.8. The highest BCUT2D eigenvalue weighted by Crippen LogP contribution is 2.31. The fraction of sp³-hybridized carbons (Fsp3) is 0.190. The summed E-state index contributed by atoms with van der Waals surface area (Å²) in [6.07, 6.45) is -4.35. The van der Waals surface area contributed by atoms with E-state index in [4.69, 9.17) is 9.51 Å². The van der Waals surface area contributed by atoms with Gasteiger partial charge in [-0.3, -0.25) is 0 Å². The third-order valence-electron chi connectivity index (χ3n) is 4.56. The normalized spacial score (nSPS) is 11.8. The van der Waals surface area contributed by atoms with Gasteiger partial charge in [0.05, 0.1) is 16.6 Å². The number of halogens is 3. The summed E-state index contributed by atoms with van der Waals surface area (Å²) in [5, 5.41) is 8.11. The number of benzene rings is 2. The standard InChI is InChI=1S/C21H17F3N4O/c1-12-4-3-5-15-10-17(20-26-13(2)29-28-20)19(27-18(12)15)25-11-14-6-8-16(9-7-14)21(22,23)24/h3-10H,11H2,1-2H3,(H,25,27). The second-order valence-corrected chi connectivity index (χ2v) is 6.72. The highest BCUT2D eigenvalue weighted by Gasteiger charge is 2.29. The van der Waals surface area contributed by atoms with Gasteiger partial charge < -0.3 is 9.84 Å². The summed E-state index contributed by atoms with van der Waals surface area (Å²) in [4.78, 5) is 9.00. The van der Waals surface area contributed by atoms with Crippen LogP contribution in [0.3, 0.4) is 0 Å². The monoisotopic (exact) mass is 398 g/mol. The zero-order chi connectivity index (χ0) is 20.6. The largest absolute Gasteiger partial charge is 0.416 e. The Kier molecular flexibility index (Phi) is 4.70. The van der Waals surface area contributed by atoms with Crippen LogP contribution in [0.1, 0.15) is 22.6 Å². The van der Waals surface area contributed by atoms with Gasteiger partial charge in [0, 0.05) is 18.9 Å². The molecule has 4 aromatic rings. The summed E-state index contributed by atoms with van der Waals surface area (Å²) < 4.78 is 43.3. The SMILES string of the molecule is Cc1nc(-c2cc3cccc(C)c3nc2NCc2ccc(C(F)(F)F)cc2)no1. The van der Waals surface area contributed by atoms with Crippen molar-refractivity contribution >= 4 is 16.7 Å². The molecule has 5 nitrogen and oxygen atoms in total. The van der Waals surface area contributed by atoms with Crippen LogP contribution in [-0.4, -0.2) is 15.1 Å². The highest BCUT2D eigenvalue weighted by atomic mass is 19.4. The Morgan fingerprint density at radius 1 is 1.00 bits per heavy atom. The zero-order valence-corrected chi connectivity index (χ0v) is 15.7. The Morgan fingerprint density at radius 3 is 2.41 bits per heavy atom. The van der Waals surface area contributed by atoms with Gasteiger partial charge in [0.15, 0.2) is 0 Å². The average molecular weight is 398 g/mol. The molecule has 2 aromatic heterocycles. The van der Waals surface area contributed by atoms with Crippen LogP contribution in [0.15, 0.2) is 53.1 Å². The van der Waals surface area contributed by atoms with Crippen molar-refractivity contribution in [1.82, 2.24) is 15.1 Å². The van der Waals surface area contributed by atoms with Crippen LogP contribution in [-0.2, 0) is 12.7 Å².